The average molecular weight is 224 g/mol. The lowest BCUT2D eigenvalue weighted by Gasteiger charge is -2.20. The van der Waals surface area contributed by atoms with Crippen molar-refractivity contribution >= 4 is 5.78 Å². The number of ketones is 1. The molecule has 2 nitrogen and oxygen atoms in total. The van der Waals surface area contributed by atoms with Gasteiger partial charge in [-0.1, -0.05) is 0 Å². The topological polar surface area (TPSA) is 31.2 Å². The second kappa shape index (κ2) is 4.70. The number of piperidine rings is 1. The fourth-order valence-electron chi connectivity index (χ4n) is 1.92. The molecule has 2 rings (SSSR count). The number of hydrogen-bond donors (Lipinski definition) is 0. The van der Waals surface area contributed by atoms with Crippen molar-refractivity contribution in [2.75, 3.05) is 13.1 Å². The molecular formula is C12H12F2NO. The third-order valence-corrected chi connectivity index (χ3v) is 2.84. The molecule has 0 N–H and O–H groups in total. The predicted octanol–water partition coefficient (Wildman–Crippen LogP) is 2.16. The van der Waals surface area contributed by atoms with Crippen LogP contribution in [0.1, 0.15) is 23.2 Å². The molecule has 1 saturated heterocycles. The van der Waals surface area contributed by atoms with Crippen LogP contribution in [0.4, 0.5) is 8.78 Å². The summed E-state index contributed by atoms with van der Waals surface area (Å²) in [5.41, 5.74) is -0.00620. The zero-order valence-corrected chi connectivity index (χ0v) is 8.75. The molecule has 0 atom stereocenters. The highest BCUT2D eigenvalue weighted by molar-refractivity contribution is 5.98. The van der Waals surface area contributed by atoms with Gasteiger partial charge in [0.1, 0.15) is 11.6 Å². The van der Waals surface area contributed by atoms with Crippen LogP contribution in [0.15, 0.2) is 18.2 Å². The lowest BCUT2D eigenvalue weighted by molar-refractivity contribution is 0.0890. The quantitative estimate of drug-likeness (QED) is 0.708. The molecule has 0 aromatic heterocycles. The van der Waals surface area contributed by atoms with E-state index in [4.69, 9.17) is 0 Å². The van der Waals surface area contributed by atoms with Crippen LogP contribution in [0.3, 0.4) is 0 Å². The number of carbonyl (C=O) groups excluding carboxylic acids is 1. The first-order valence-corrected chi connectivity index (χ1v) is 5.31. The summed E-state index contributed by atoms with van der Waals surface area (Å²) in [6.45, 7) is 1.30. The van der Waals surface area contributed by atoms with Gasteiger partial charge in [0.2, 0.25) is 0 Å². The van der Waals surface area contributed by atoms with Gasteiger partial charge in [-0.25, -0.2) is 14.1 Å². The Hall–Kier alpha value is -1.29. The van der Waals surface area contributed by atoms with Crippen LogP contribution in [-0.2, 0) is 0 Å². The van der Waals surface area contributed by atoms with Gasteiger partial charge in [0.25, 0.3) is 0 Å². The van der Waals surface area contributed by atoms with Crippen LogP contribution >= 0.6 is 0 Å². The van der Waals surface area contributed by atoms with Gasteiger partial charge >= 0.3 is 0 Å². The molecule has 4 heteroatoms. The van der Waals surface area contributed by atoms with Crippen molar-refractivity contribution in [3.8, 4) is 0 Å². The van der Waals surface area contributed by atoms with E-state index in [0.29, 0.717) is 25.9 Å². The fourth-order valence-corrected chi connectivity index (χ4v) is 1.92. The number of hydrogen-bond acceptors (Lipinski definition) is 1. The Labute approximate surface area is 92.7 Å². The monoisotopic (exact) mass is 224 g/mol. The number of nitrogens with zero attached hydrogens (tertiary/aromatic N) is 1. The predicted molar refractivity (Wildman–Crippen MR) is 55.3 cm³/mol. The molecule has 0 bridgehead atoms. The van der Waals surface area contributed by atoms with Crippen LogP contribution in [-0.4, -0.2) is 18.9 Å². The summed E-state index contributed by atoms with van der Waals surface area (Å²) in [5, 5.41) is 4.13. The Morgan fingerprint density at radius 1 is 1.25 bits per heavy atom. The summed E-state index contributed by atoms with van der Waals surface area (Å²) in [7, 11) is 0. The van der Waals surface area contributed by atoms with Crippen molar-refractivity contribution in [3.63, 3.8) is 0 Å². The molecule has 16 heavy (non-hydrogen) atoms. The zero-order chi connectivity index (χ0) is 11.5. The van der Waals surface area contributed by atoms with Crippen molar-refractivity contribution in [3.05, 3.63) is 35.4 Å². The van der Waals surface area contributed by atoms with Gasteiger partial charge in [-0.05, 0) is 25.0 Å². The maximum Gasteiger partial charge on any atom is 0.168 e. The minimum absolute atomic E-state index is 0.00620. The SMILES string of the molecule is O=C(c1ccc(F)cc1F)C1CC[N]CC1. The number of benzene rings is 1. The third kappa shape index (κ3) is 2.27. The van der Waals surface area contributed by atoms with Crippen molar-refractivity contribution in [2.45, 2.75) is 12.8 Å². The summed E-state index contributed by atoms with van der Waals surface area (Å²) < 4.78 is 26.1. The molecule has 0 amide bonds. The maximum absolute atomic E-state index is 13.4. The van der Waals surface area contributed by atoms with Crippen LogP contribution in [0.25, 0.3) is 0 Å². The van der Waals surface area contributed by atoms with Crippen molar-refractivity contribution in [2.24, 2.45) is 5.92 Å². The van der Waals surface area contributed by atoms with Gasteiger partial charge < -0.3 is 0 Å². The molecule has 1 aromatic carbocycles. The van der Waals surface area contributed by atoms with E-state index < -0.39 is 11.6 Å². The van der Waals surface area contributed by atoms with Gasteiger partial charge in [-0.2, -0.15) is 0 Å². The minimum Gasteiger partial charge on any atom is -0.294 e. The number of halogens is 2. The first kappa shape index (κ1) is 11.2. The maximum atomic E-state index is 13.4. The highest BCUT2D eigenvalue weighted by Gasteiger charge is 2.24. The third-order valence-electron chi connectivity index (χ3n) is 2.84. The smallest absolute Gasteiger partial charge is 0.168 e. The first-order chi connectivity index (χ1) is 7.68. The van der Waals surface area contributed by atoms with Gasteiger partial charge in [-0.15, -0.1) is 0 Å². The summed E-state index contributed by atoms with van der Waals surface area (Å²) in [4.78, 5) is 11.9. The van der Waals surface area contributed by atoms with Crippen LogP contribution in [0, 0.1) is 17.6 Å². The van der Waals surface area contributed by atoms with E-state index in [9.17, 15) is 13.6 Å². The van der Waals surface area contributed by atoms with E-state index in [1.165, 1.54) is 6.07 Å². The molecule has 1 aliphatic rings. The van der Waals surface area contributed by atoms with E-state index in [1.807, 2.05) is 0 Å². The zero-order valence-electron chi connectivity index (χ0n) is 8.75. The number of carbonyl (C=O) groups is 1. The van der Waals surface area contributed by atoms with Crippen molar-refractivity contribution in [1.29, 1.82) is 0 Å². The molecule has 0 aliphatic carbocycles. The van der Waals surface area contributed by atoms with Crippen LogP contribution in [0.2, 0.25) is 0 Å². The van der Waals surface area contributed by atoms with E-state index in [1.54, 1.807) is 0 Å². The molecular weight excluding hydrogens is 212 g/mol. The molecule has 1 aliphatic heterocycles. The van der Waals surface area contributed by atoms with Gasteiger partial charge in [0.05, 0.1) is 5.56 Å². The highest BCUT2D eigenvalue weighted by Crippen LogP contribution is 2.20. The lowest BCUT2D eigenvalue weighted by atomic mass is 9.89. The number of rotatable bonds is 2. The van der Waals surface area contributed by atoms with Gasteiger partial charge in [0.15, 0.2) is 5.78 Å². The fraction of sp³-hybridized carbons (Fsp3) is 0.417. The largest absolute Gasteiger partial charge is 0.294 e. The molecule has 0 unspecified atom stereocenters. The standard InChI is InChI=1S/C12H12F2NO/c13-9-1-2-10(11(14)7-9)12(16)8-3-5-15-6-4-8/h1-2,7-8H,3-6H2. The molecule has 1 radical (unpaired) electrons. The van der Waals surface area contributed by atoms with E-state index in [-0.39, 0.29) is 17.3 Å². The molecule has 1 heterocycles. The summed E-state index contributed by atoms with van der Waals surface area (Å²) >= 11 is 0. The second-order valence-electron chi connectivity index (χ2n) is 3.93. The number of Topliss-reactive ketones (excluding diaryl/α,β-unsaturated/α-hetero) is 1. The summed E-state index contributed by atoms with van der Waals surface area (Å²) in [6.07, 6.45) is 1.32. The van der Waals surface area contributed by atoms with Crippen molar-refractivity contribution < 1.29 is 13.6 Å². The Morgan fingerprint density at radius 2 is 1.94 bits per heavy atom. The van der Waals surface area contributed by atoms with Gasteiger partial charge in [0, 0.05) is 25.1 Å². The van der Waals surface area contributed by atoms with Crippen LogP contribution in [0.5, 0.6) is 0 Å². The molecule has 1 fully saturated rings. The minimum atomic E-state index is -0.771. The Kier molecular flexibility index (Phi) is 3.29. The first-order valence-electron chi connectivity index (χ1n) is 5.31. The second-order valence-corrected chi connectivity index (χ2v) is 3.93. The molecule has 0 spiro atoms. The average Bonchev–Trinajstić information content (AvgIpc) is 2.29. The Morgan fingerprint density at radius 3 is 2.56 bits per heavy atom. The molecule has 85 valence electrons. The highest BCUT2D eigenvalue weighted by atomic mass is 19.1. The Bertz CT molecular complexity index is 400. The normalized spacial score (nSPS) is 17.4. The molecule has 1 aromatic rings. The summed E-state index contributed by atoms with van der Waals surface area (Å²) in [6, 6.07) is 3.09. The van der Waals surface area contributed by atoms with E-state index in [2.05, 4.69) is 5.32 Å². The molecule has 0 saturated carbocycles. The van der Waals surface area contributed by atoms with Crippen molar-refractivity contribution in [1.82, 2.24) is 5.32 Å². The van der Waals surface area contributed by atoms with E-state index >= 15 is 0 Å². The van der Waals surface area contributed by atoms with E-state index in [0.717, 1.165) is 12.1 Å². The van der Waals surface area contributed by atoms with Gasteiger partial charge in [-0.3, -0.25) is 4.79 Å². The lowest BCUT2D eigenvalue weighted by Crippen LogP contribution is -2.28. The Balaban J connectivity index is 2.19. The van der Waals surface area contributed by atoms with Crippen LogP contribution < -0.4 is 5.32 Å². The summed E-state index contributed by atoms with van der Waals surface area (Å²) in [5.74, 6) is -1.83.